The molecule has 0 N–H and O–H groups in total. The molecule has 0 fully saturated rings. The van der Waals surface area contributed by atoms with E-state index in [0.29, 0.717) is 0 Å². The molecule has 0 amide bonds. The average Bonchev–Trinajstić information content (AvgIpc) is 3.12. The summed E-state index contributed by atoms with van der Waals surface area (Å²) in [7, 11) is 0. The molecule has 0 saturated carbocycles. The molecule has 0 saturated heterocycles. The van der Waals surface area contributed by atoms with Gasteiger partial charge >= 0.3 is 0 Å². The van der Waals surface area contributed by atoms with Crippen molar-refractivity contribution in [3.05, 3.63) is 151 Å². The zero-order valence-electron chi connectivity index (χ0n) is 24.6. The molecular formula is C42H28N2O. The molecule has 5 aromatic carbocycles. The number of hydrogen-bond acceptors (Lipinski definition) is 3. The van der Waals surface area contributed by atoms with Crippen LogP contribution in [-0.2, 0) is 0 Å². The third kappa shape index (κ3) is 4.44. The first-order chi connectivity index (χ1) is 22.3. The third-order valence-corrected chi connectivity index (χ3v) is 8.91. The second-order valence-corrected chi connectivity index (χ2v) is 11.7. The van der Waals surface area contributed by atoms with Gasteiger partial charge in [0, 0.05) is 33.7 Å². The van der Waals surface area contributed by atoms with Crippen LogP contribution in [0, 0.1) is 0 Å². The van der Waals surface area contributed by atoms with E-state index in [1.165, 1.54) is 11.1 Å². The summed E-state index contributed by atoms with van der Waals surface area (Å²) in [5.74, 6) is 1.79. The van der Waals surface area contributed by atoms with Gasteiger partial charge in [0.05, 0.1) is 16.9 Å². The molecule has 1 aliphatic heterocycles. The summed E-state index contributed by atoms with van der Waals surface area (Å²) in [6.45, 7) is 0. The number of rotatable bonds is 4. The smallest absolute Gasteiger partial charge is 0.135 e. The molecule has 9 rings (SSSR count). The molecule has 3 heterocycles. The topological polar surface area (TPSA) is 35.0 Å². The monoisotopic (exact) mass is 576 g/mol. The van der Waals surface area contributed by atoms with E-state index in [1.54, 1.807) is 0 Å². The number of benzene rings is 5. The quantitative estimate of drug-likeness (QED) is 0.209. The first-order valence-corrected chi connectivity index (χ1v) is 15.5. The predicted octanol–water partition coefficient (Wildman–Crippen LogP) is 11.3. The average molecular weight is 577 g/mol. The van der Waals surface area contributed by atoms with Crippen LogP contribution in [-0.4, -0.2) is 9.97 Å². The number of ether oxygens (including phenoxy) is 1. The van der Waals surface area contributed by atoms with Gasteiger partial charge in [-0.1, -0.05) is 91.0 Å². The minimum Gasteiger partial charge on any atom is -0.456 e. The van der Waals surface area contributed by atoms with Crippen LogP contribution in [0.25, 0.3) is 71.9 Å². The maximum Gasteiger partial charge on any atom is 0.135 e. The summed E-state index contributed by atoms with van der Waals surface area (Å²) < 4.78 is 6.34. The van der Waals surface area contributed by atoms with Gasteiger partial charge in [0.1, 0.15) is 11.5 Å². The molecular weight excluding hydrogens is 548 g/mol. The van der Waals surface area contributed by atoms with E-state index in [1.807, 2.05) is 24.4 Å². The van der Waals surface area contributed by atoms with Crippen molar-refractivity contribution >= 4 is 27.2 Å². The van der Waals surface area contributed by atoms with Crippen molar-refractivity contribution in [1.82, 2.24) is 9.97 Å². The molecule has 0 spiro atoms. The number of para-hydroxylation sites is 1. The van der Waals surface area contributed by atoms with Gasteiger partial charge < -0.3 is 4.74 Å². The molecule has 3 nitrogen and oxygen atoms in total. The van der Waals surface area contributed by atoms with Crippen molar-refractivity contribution in [3.8, 4) is 56.1 Å². The van der Waals surface area contributed by atoms with Crippen molar-refractivity contribution in [1.29, 1.82) is 0 Å². The van der Waals surface area contributed by atoms with Crippen LogP contribution in [0.3, 0.4) is 0 Å². The highest BCUT2D eigenvalue weighted by Gasteiger charge is 2.21. The summed E-state index contributed by atoms with van der Waals surface area (Å²) in [6.07, 6.45) is 10.8. The Morgan fingerprint density at radius 1 is 0.556 bits per heavy atom. The highest BCUT2D eigenvalue weighted by molar-refractivity contribution is 6.10. The lowest BCUT2D eigenvalue weighted by Crippen LogP contribution is -1.97. The number of fused-ring (bicyclic) bond motifs is 3. The minimum atomic E-state index is 0.893. The van der Waals surface area contributed by atoms with E-state index in [4.69, 9.17) is 14.7 Å². The highest BCUT2D eigenvalue weighted by atomic mass is 16.5. The van der Waals surface area contributed by atoms with E-state index in [-0.39, 0.29) is 0 Å². The molecule has 3 heteroatoms. The number of pyridine rings is 2. The number of nitrogens with zero attached hydrogens (tertiary/aromatic N) is 2. The lowest BCUT2D eigenvalue weighted by atomic mass is 9.90. The summed E-state index contributed by atoms with van der Waals surface area (Å²) in [6, 6.07) is 42.7. The van der Waals surface area contributed by atoms with E-state index in [2.05, 4.69) is 121 Å². The van der Waals surface area contributed by atoms with Gasteiger partial charge in [-0.25, -0.2) is 4.98 Å². The zero-order valence-corrected chi connectivity index (χ0v) is 24.6. The van der Waals surface area contributed by atoms with E-state index < -0.39 is 0 Å². The molecule has 0 radical (unpaired) electrons. The molecule has 0 unspecified atom stereocenters. The lowest BCUT2D eigenvalue weighted by molar-refractivity contribution is 0.487. The number of hydrogen-bond donors (Lipinski definition) is 0. The molecule has 0 bridgehead atoms. The Kier molecular flexibility index (Phi) is 5.95. The molecule has 45 heavy (non-hydrogen) atoms. The van der Waals surface area contributed by atoms with Gasteiger partial charge in [-0.3, -0.25) is 4.98 Å². The van der Waals surface area contributed by atoms with Crippen molar-refractivity contribution in [2.45, 2.75) is 12.8 Å². The lowest BCUT2D eigenvalue weighted by Gasteiger charge is -2.22. The van der Waals surface area contributed by atoms with Crippen LogP contribution < -0.4 is 4.74 Å². The Morgan fingerprint density at radius 3 is 2.31 bits per heavy atom. The van der Waals surface area contributed by atoms with Gasteiger partial charge in [0.15, 0.2) is 0 Å². The van der Waals surface area contributed by atoms with E-state index in [9.17, 15) is 0 Å². The fourth-order valence-electron chi connectivity index (χ4n) is 6.70. The van der Waals surface area contributed by atoms with Crippen LogP contribution in [0.5, 0.6) is 11.5 Å². The molecule has 7 aromatic rings. The molecule has 212 valence electrons. The van der Waals surface area contributed by atoms with Crippen molar-refractivity contribution in [2.24, 2.45) is 0 Å². The van der Waals surface area contributed by atoms with Gasteiger partial charge in [-0.2, -0.15) is 0 Å². The summed E-state index contributed by atoms with van der Waals surface area (Å²) in [5.41, 5.74) is 12.1. The summed E-state index contributed by atoms with van der Waals surface area (Å²) in [4.78, 5) is 10.0. The summed E-state index contributed by atoms with van der Waals surface area (Å²) in [5, 5.41) is 3.41. The van der Waals surface area contributed by atoms with Crippen molar-refractivity contribution in [3.63, 3.8) is 0 Å². The van der Waals surface area contributed by atoms with Gasteiger partial charge in [0.25, 0.3) is 0 Å². The Hall–Kier alpha value is -5.80. The first-order valence-electron chi connectivity index (χ1n) is 15.5. The van der Waals surface area contributed by atoms with Gasteiger partial charge in [0.2, 0.25) is 0 Å². The normalized spacial score (nSPS) is 13.4. The molecule has 0 atom stereocenters. The maximum absolute atomic E-state index is 6.34. The maximum atomic E-state index is 6.34. The van der Waals surface area contributed by atoms with Crippen LogP contribution in [0.15, 0.2) is 146 Å². The highest BCUT2D eigenvalue weighted by Crippen LogP contribution is 2.48. The molecule has 2 aliphatic rings. The second-order valence-electron chi connectivity index (χ2n) is 11.7. The van der Waals surface area contributed by atoms with Gasteiger partial charge in [-0.05, 0) is 94.6 Å². The number of aromatic nitrogens is 2. The number of allylic oxidation sites excluding steroid dienone is 4. The largest absolute Gasteiger partial charge is 0.456 e. The van der Waals surface area contributed by atoms with E-state index in [0.717, 1.165) is 90.8 Å². The zero-order chi connectivity index (χ0) is 29.7. The Labute approximate surface area is 261 Å². The molecule has 1 aliphatic carbocycles. The van der Waals surface area contributed by atoms with Crippen LogP contribution in [0.1, 0.15) is 18.5 Å². The molecule has 2 aromatic heterocycles. The van der Waals surface area contributed by atoms with E-state index >= 15 is 0 Å². The first kappa shape index (κ1) is 25.7. The van der Waals surface area contributed by atoms with Crippen molar-refractivity contribution < 1.29 is 4.74 Å². The Morgan fingerprint density at radius 2 is 1.40 bits per heavy atom. The Bertz CT molecular complexity index is 2350. The fraction of sp³-hybridized carbons (Fsp3) is 0.0476. The Balaban J connectivity index is 1.18. The SMILES string of the molecule is C1=CC(c2cc(-c3ccc4ncc(-c5ccc6c7c(cccc57)-c5ccccc5O6)cc4c3)cc(-c3ccccc3)n2)=CCC1. The van der Waals surface area contributed by atoms with Crippen LogP contribution in [0.2, 0.25) is 0 Å². The summed E-state index contributed by atoms with van der Waals surface area (Å²) >= 11 is 0. The van der Waals surface area contributed by atoms with Crippen LogP contribution >= 0.6 is 0 Å². The van der Waals surface area contributed by atoms with Crippen molar-refractivity contribution in [2.75, 3.05) is 0 Å². The predicted molar refractivity (Wildman–Crippen MR) is 185 cm³/mol. The standard InChI is InChI=1S/C42H28N2O/c1-3-10-27(11-4-1)38-24-30(25-39(44-38)28-12-5-2-6-13-28)29-18-20-37-31(22-29)23-32(26-43-37)33-19-21-41-42-35(33)15-9-16-36(42)34-14-7-8-17-40(34)45-41/h1,3-5,7-26H,2,6H2. The minimum absolute atomic E-state index is 0.893. The van der Waals surface area contributed by atoms with Crippen LogP contribution in [0.4, 0.5) is 0 Å². The third-order valence-electron chi connectivity index (χ3n) is 8.91. The fourth-order valence-corrected chi connectivity index (χ4v) is 6.70. The van der Waals surface area contributed by atoms with Gasteiger partial charge in [-0.15, -0.1) is 0 Å². The second kappa shape index (κ2) is 10.4.